The topological polar surface area (TPSA) is 157 Å². The highest BCUT2D eigenvalue weighted by Crippen LogP contribution is 2.17. The normalized spacial score (nSPS) is 17.0. The fourth-order valence-corrected chi connectivity index (χ4v) is 3.15. The summed E-state index contributed by atoms with van der Waals surface area (Å²) in [4.78, 5) is 36.5. The molecule has 0 aliphatic carbocycles. The van der Waals surface area contributed by atoms with Crippen molar-refractivity contribution < 1.29 is 42.1 Å². The summed E-state index contributed by atoms with van der Waals surface area (Å²) in [6, 6.07) is -1.30. The van der Waals surface area contributed by atoms with Gasteiger partial charge in [0.1, 0.15) is 17.9 Å². The van der Waals surface area contributed by atoms with Crippen LogP contribution in [0.5, 0.6) is 0 Å². The minimum Gasteiger partial charge on any atom is -0.468 e. The number of amides is 2. The lowest BCUT2D eigenvalue weighted by atomic mass is 10.0. The molecule has 0 saturated carbocycles. The highest BCUT2D eigenvalue weighted by Gasteiger charge is 2.34. The molecule has 0 bridgehead atoms. The van der Waals surface area contributed by atoms with E-state index >= 15 is 0 Å². The van der Waals surface area contributed by atoms with Crippen LogP contribution in [0, 0.1) is 17.5 Å². The minimum absolute atomic E-state index is 0. The van der Waals surface area contributed by atoms with Crippen molar-refractivity contribution >= 4 is 30.2 Å². The van der Waals surface area contributed by atoms with E-state index in [0.717, 1.165) is 6.07 Å². The molecule has 14 heteroatoms. The van der Waals surface area contributed by atoms with Crippen molar-refractivity contribution in [3.63, 3.8) is 0 Å². The van der Waals surface area contributed by atoms with Crippen molar-refractivity contribution in [2.75, 3.05) is 33.4 Å². The number of benzene rings is 1. The molecule has 6 N–H and O–H groups in total. The quantitative estimate of drug-likeness (QED) is 0.265. The van der Waals surface area contributed by atoms with Crippen molar-refractivity contribution in [3.05, 3.63) is 35.1 Å². The first kappa shape index (κ1) is 34.6. The number of nitrogens with zero attached hydrogens (tertiary/aromatic N) is 1. The van der Waals surface area contributed by atoms with E-state index < -0.39 is 47.1 Å². The molecule has 37 heavy (non-hydrogen) atoms. The lowest BCUT2D eigenvalue weighted by Crippen LogP contribution is -2.60. The van der Waals surface area contributed by atoms with Crippen molar-refractivity contribution in [1.29, 1.82) is 0 Å². The number of halogens is 4. The predicted molar refractivity (Wildman–Crippen MR) is 131 cm³/mol. The zero-order valence-corrected chi connectivity index (χ0v) is 22.1. The van der Waals surface area contributed by atoms with Crippen LogP contribution in [-0.4, -0.2) is 84.9 Å². The fraction of sp³-hybridized carbons (Fsp3) is 0.609. The van der Waals surface area contributed by atoms with Gasteiger partial charge in [0.05, 0.1) is 25.9 Å². The van der Waals surface area contributed by atoms with Gasteiger partial charge >= 0.3 is 5.97 Å². The van der Waals surface area contributed by atoms with Crippen LogP contribution in [0.3, 0.4) is 0 Å². The molecule has 1 saturated heterocycles. The maximum absolute atomic E-state index is 13.8. The number of aliphatic hydroxyl groups excluding tert-OH is 1. The summed E-state index contributed by atoms with van der Waals surface area (Å²) in [5.41, 5.74) is 10.3. The third-order valence-corrected chi connectivity index (χ3v) is 5.03. The average Bonchev–Trinajstić information content (AvgIpc) is 2.80. The van der Waals surface area contributed by atoms with E-state index in [2.05, 4.69) is 10.1 Å². The Labute approximate surface area is 220 Å². The molecule has 3 atom stereocenters. The molecule has 2 rings (SSSR count). The summed E-state index contributed by atoms with van der Waals surface area (Å²) in [6.45, 7) is 5.80. The predicted octanol–water partition coefficient (Wildman–Crippen LogP) is 0.407. The molecule has 1 aromatic carbocycles. The molecule has 212 valence electrons. The van der Waals surface area contributed by atoms with E-state index in [4.69, 9.17) is 21.3 Å². The highest BCUT2D eigenvalue weighted by molar-refractivity contribution is 5.89. The molecular formula is C23H36ClF3N4O6. The van der Waals surface area contributed by atoms with E-state index in [1.165, 1.54) is 12.0 Å². The SMILES string of the molecule is CC(C)(C)OC[C@H]1C(=O)NCCN1C(=O)C[C@H](N)Cc1cc(F)c(F)cc1F.COC(=O)[C@@H](N)CO.Cl. The summed E-state index contributed by atoms with van der Waals surface area (Å²) >= 11 is 0. The Kier molecular flexibility index (Phi) is 14.7. The van der Waals surface area contributed by atoms with Gasteiger partial charge in [-0.05, 0) is 38.8 Å². The van der Waals surface area contributed by atoms with Gasteiger partial charge in [0, 0.05) is 31.6 Å². The Morgan fingerprint density at radius 3 is 2.30 bits per heavy atom. The Hall–Kier alpha value is -2.45. The van der Waals surface area contributed by atoms with Crippen LogP contribution in [0.15, 0.2) is 12.1 Å². The molecule has 1 aromatic rings. The number of methoxy groups -OCH3 is 1. The zero-order chi connectivity index (χ0) is 27.6. The third-order valence-electron chi connectivity index (χ3n) is 5.03. The van der Waals surface area contributed by atoms with Gasteiger partial charge in [-0.25, -0.2) is 13.2 Å². The molecule has 1 heterocycles. The average molecular weight is 557 g/mol. The van der Waals surface area contributed by atoms with Crippen molar-refractivity contribution in [2.45, 2.75) is 57.3 Å². The molecule has 2 amide bonds. The van der Waals surface area contributed by atoms with Gasteiger partial charge in [0.25, 0.3) is 0 Å². The van der Waals surface area contributed by atoms with E-state index in [1.54, 1.807) is 0 Å². The van der Waals surface area contributed by atoms with Gasteiger partial charge in [-0.2, -0.15) is 0 Å². The monoisotopic (exact) mass is 556 g/mol. The number of carbonyl (C=O) groups is 3. The molecule has 1 aliphatic heterocycles. The Bertz CT molecular complexity index is 919. The number of piperazine rings is 1. The Balaban J connectivity index is 0.00000125. The maximum atomic E-state index is 13.8. The summed E-state index contributed by atoms with van der Waals surface area (Å²) in [5.74, 6) is -4.67. The molecule has 0 radical (unpaired) electrons. The first-order valence-corrected chi connectivity index (χ1v) is 11.2. The van der Waals surface area contributed by atoms with Gasteiger partial charge in [0.2, 0.25) is 11.8 Å². The smallest absolute Gasteiger partial charge is 0.325 e. The van der Waals surface area contributed by atoms with Crippen LogP contribution in [0.4, 0.5) is 13.2 Å². The third kappa shape index (κ3) is 11.6. The lowest BCUT2D eigenvalue weighted by molar-refractivity contribution is -0.148. The van der Waals surface area contributed by atoms with E-state index in [-0.39, 0.29) is 55.8 Å². The number of aliphatic hydroxyl groups is 1. The van der Waals surface area contributed by atoms with Crippen LogP contribution in [0.25, 0.3) is 0 Å². The number of esters is 1. The first-order valence-electron chi connectivity index (χ1n) is 11.2. The van der Waals surface area contributed by atoms with Crippen molar-refractivity contribution in [3.8, 4) is 0 Å². The van der Waals surface area contributed by atoms with Crippen LogP contribution in [0.2, 0.25) is 0 Å². The van der Waals surface area contributed by atoms with Crippen LogP contribution in [-0.2, 0) is 30.3 Å². The Morgan fingerprint density at radius 1 is 1.19 bits per heavy atom. The molecular weight excluding hydrogens is 521 g/mol. The Morgan fingerprint density at radius 2 is 1.78 bits per heavy atom. The number of ether oxygens (including phenoxy) is 2. The number of hydrogen-bond donors (Lipinski definition) is 4. The number of hydrogen-bond acceptors (Lipinski definition) is 8. The van der Waals surface area contributed by atoms with Gasteiger partial charge in [-0.1, -0.05) is 0 Å². The summed E-state index contributed by atoms with van der Waals surface area (Å²) < 4.78 is 50.0. The lowest BCUT2D eigenvalue weighted by Gasteiger charge is -2.36. The molecule has 1 aliphatic rings. The van der Waals surface area contributed by atoms with Crippen molar-refractivity contribution in [1.82, 2.24) is 10.2 Å². The zero-order valence-electron chi connectivity index (χ0n) is 21.3. The second-order valence-corrected chi connectivity index (χ2v) is 9.16. The molecule has 10 nitrogen and oxygen atoms in total. The number of nitrogens with one attached hydrogen (secondary N) is 1. The molecule has 1 fully saturated rings. The second kappa shape index (κ2) is 15.7. The van der Waals surface area contributed by atoms with Crippen LogP contribution < -0.4 is 16.8 Å². The highest BCUT2D eigenvalue weighted by atomic mass is 35.5. The first-order chi connectivity index (χ1) is 16.7. The van der Waals surface area contributed by atoms with Gasteiger partial charge < -0.3 is 36.3 Å². The molecule has 0 spiro atoms. The standard InChI is InChI=1S/C19H26F3N3O3.C4H9NO3.ClH/c1-19(2,3)28-10-16-18(27)24-4-5-25(16)17(26)8-12(23)6-11-7-14(21)15(22)9-13(11)20;1-8-4(7)3(5)2-6;/h7,9,12,16H,4-6,8,10,23H2,1-3H3,(H,24,27);3,6H,2,5H2,1H3;1H/t12-,16+;3-;/m10./s1. The van der Waals surface area contributed by atoms with E-state index in [1.807, 2.05) is 20.8 Å². The van der Waals surface area contributed by atoms with Crippen molar-refractivity contribution in [2.24, 2.45) is 11.5 Å². The summed E-state index contributed by atoms with van der Waals surface area (Å²) in [7, 11) is 1.22. The number of rotatable bonds is 8. The van der Waals surface area contributed by atoms with E-state index in [0.29, 0.717) is 19.2 Å². The molecule has 0 unspecified atom stereocenters. The largest absolute Gasteiger partial charge is 0.468 e. The number of carbonyl (C=O) groups excluding carboxylic acids is 3. The number of nitrogens with two attached hydrogens (primary N) is 2. The maximum Gasteiger partial charge on any atom is 0.325 e. The van der Waals surface area contributed by atoms with E-state index in [9.17, 15) is 27.6 Å². The fourth-order valence-electron chi connectivity index (χ4n) is 3.15. The minimum atomic E-state index is -1.29. The van der Waals surface area contributed by atoms with Gasteiger partial charge in [-0.3, -0.25) is 14.4 Å². The summed E-state index contributed by atoms with van der Waals surface area (Å²) in [6.07, 6.45) is -0.310. The summed E-state index contributed by atoms with van der Waals surface area (Å²) in [5, 5.41) is 10.9. The second-order valence-electron chi connectivity index (χ2n) is 9.16. The molecule has 0 aromatic heterocycles. The van der Waals surface area contributed by atoms with Crippen LogP contribution in [0.1, 0.15) is 32.8 Å². The van der Waals surface area contributed by atoms with Gasteiger partial charge in [0.15, 0.2) is 11.6 Å². The van der Waals surface area contributed by atoms with Gasteiger partial charge in [-0.15, -0.1) is 12.4 Å². The van der Waals surface area contributed by atoms with Crippen LogP contribution >= 0.6 is 12.4 Å².